The van der Waals surface area contributed by atoms with E-state index in [1.807, 2.05) is 36.4 Å². The number of morpholine rings is 1. The zero-order chi connectivity index (χ0) is 21.5. The highest BCUT2D eigenvalue weighted by atomic mass is 16.5. The summed E-state index contributed by atoms with van der Waals surface area (Å²) in [6.07, 6.45) is 1.02. The zero-order valence-electron chi connectivity index (χ0n) is 17.8. The molecule has 4 heterocycles. The van der Waals surface area contributed by atoms with E-state index < -0.39 is 0 Å². The second-order valence-corrected chi connectivity index (χ2v) is 8.44. The number of anilines is 2. The van der Waals surface area contributed by atoms with Crippen LogP contribution in [0.4, 0.5) is 11.4 Å². The summed E-state index contributed by atoms with van der Waals surface area (Å²) in [5, 5.41) is 8.03. The average molecular weight is 431 g/mol. The molecule has 6 rings (SSSR count). The zero-order valence-corrected chi connectivity index (χ0v) is 17.8. The van der Waals surface area contributed by atoms with Crippen LogP contribution in [0.15, 0.2) is 47.3 Å². The van der Waals surface area contributed by atoms with Gasteiger partial charge in [-0.2, -0.15) is 0 Å². The fourth-order valence-electron chi connectivity index (χ4n) is 4.80. The monoisotopic (exact) mass is 430 g/mol. The van der Waals surface area contributed by atoms with E-state index in [1.165, 1.54) is 0 Å². The maximum atomic E-state index is 13.3. The number of ether oxygens (including phenoxy) is 1. The van der Waals surface area contributed by atoms with E-state index in [4.69, 9.17) is 9.72 Å². The van der Waals surface area contributed by atoms with Gasteiger partial charge < -0.3 is 30.2 Å². The van der Waals surface area contributed by atoms with E-state index in [-0.39, 0.29) is 11.6 Å². The number of benzene rings is 2. The lowest BCUT2D eigenvalue weighted by Crippen LogP contribution is -2.36. The summed E-state index contributed by atoms with van der Waals surface area (Å²) in [6, 6.07) is 14.3. The normalized spacial score (nSPS) is 19.1. The van der Waals surface area contributed by atoms with Crippen molar-refractivity contribution >= 4 is 33.3 Å². The molecule has 0 radical (unpaired) electrons. The maximum Gasteiger partial charge on any atom is 0.261 e. The van der Waals surface area contributed by atoms with Gasteiger partial charge in [0.1, 0.15) is 16.9 Å². The van der Waals surface area contributed by atoms with Crippen molar-refractivity contribution in [2.75, 3.05) is 49.6 Å². The molecule has 0 amide bonds. The number of hydrogen-bond donors (Lipinski definition) is 4. The Morgan fingerprint density at radius 3 is 2.72 bits per heavy atom. The van der Waals surface area contributed by atoms with Gasteiger partial charge in [0.25, 0.3) is 5.56 Å². The highest BCUT2D eigenvalue weighted by Crippen LogP contribution is 2.34. The third kappa shape index (κ3) is 3.32. The van der Waals surface area contributed by atoms with Gasteiger partial charge in [-0.3, -0.25) is 4.79 Å². The first-order valence-corrected chi connectivity index (χ1v) is 11.2. The Bertz CT molecular complexity index is 1330. The molecule has 4 N–H and O–H groups in total. The molecule has 1 atom stereocenters. The minimum Gasteiger partial charge on any atom is -0.380 e. The Morgan fingerprint density at radius 1 is 1.03 bits per heavy atom. The Balaban J connectivity index is 1.53. The summed E-state index contributed by atoms with van der Waals surface area (Å²) in [4.78, 5) is 27.0. The Kier molecular flexibility index (Phi) is 4.81. The van der Waals surface area contributed by atoms with Crippen LogP contribution in [-0.4, -0.2) is 60.4 Å². The molecule has 2 fully saturated rings. The van der Waals surface area contributed by atoms with Crippen LogP contribution in [0.25, 0.3) is 33.3 Å². The lowest BCUT2D eigenvalue weighted by molar-refractivity contribution is 0.123. The van der Waals surface area contributed by atoms with Gasteiger partial charge >= 0.3 is 0 Å². The number of rotatable bonds is 4. The molecule has 2 saturated heterocycles. The number of nitrogens with one attached hydrogen (secondary N) is 4. The lowest BCUT2D eigenvalue weighted by Gasteiger charge is -2.28. The van der Waals surface area contributed by atoms with Crippen molar-refractivity contribution in [1.29, 1.82) is 0 Å². The molecule has 4 aromatic rings. The van der Waals surface area contributed by atoms with E-state index in [2.05, 4.69) is 31.6 Å². The molecular weight excluding hydrogens is 404 g/mol. The smallest absolute Gasteiger partial charge is 0.261 e. The standard InChI is InChI=1S/C24H26N6O2/c31-24-20(21(26-15-8-9-25-14-15)16-4-1-2-5-17(16)28-24)23-27-18-6-3-7-19(22(18)29-23)30-10-12-32-13-11-30/h1-7,15,25H,8-14H2,(H,27,29)(H2,26,28,31). The second-order valence-electron chi connectivity index (χ2n) is 8.44. The molecule has 164 valence electrons. The number of aromatic nitrogens is 3. The first-order valence-electron chi connectivity index (χ1n) is 11.2. The number of pyridine rings is 1. The van der Waals surface area contributed by atoms with Gasteiger partial charge in [-0.1, -0.05) is 24.3 Å². The Morgan fingerprint density at radius 2 is 1.88 bits per heavy atom. The number of aromatic amines is 2. The topological polar surface area (TPSA) is 98.1 Å². The van der Waals surface area contributed by atoms with E-state index in [0.717, 1.165) is 65.9 Å². The van der Waals surface area contributed by atoms with Crippen LogP contribution < -0.4 is 21.1 Å². The maximum absolute atomic E-state index is 13.3. The summed E-state index contributed by atoms with van der Waals surface area (Å²) in [6.45, 7) is 4.94. The molecule has 32 heavy (non-hydrogen) atoms. The van der Waals surface area contributed by atoms with Crippen molar-refractivity contribution in [2.24, 2.45) is 0 Å². The molecule has 2 aliphatic rings. The van der Waals surface area contributed by atoms with Gasteiger partial charge in [0.2, 0.25) is 0 Å². The third-order valence-electron chi connectivity index (χ3n) is 6.41. The number of nitrogens with zero attached hydrogens (tertiary/aromatic N) is 2. The first kappa shape index (κ1) is 19.3. The number of para-hydroxylation sites is 2. The summed E-state index contributed by atoms with van der Waals surface area (Å²) < 4.78 is 5.51. The van der Waals surface area contributed by atoms with Crippen molar-refractivity contribution in [3.8, 4) is 11.4 Å². The quantitative estimate of drug-likeness (QED) is 0.397. The minimum atomic E-state index is -0.149. The molecule has 1 unspecified atom stereocenters. The summed E-state index contributed by atoms with van der Waals surface area (Å²) in [7, 11) is 0. The van der Waals surface area contributed by atoms with Crippen molar-refractivity contribution in [3.05, 3.63) is 52.8 Å². The van der Waals surface area contributed by atoms with E-state index in [0.29, 0.717) is 24.6 Å². The molecule has 8 heteroatoms. The summed E-state index contributed by atoms with van der Waals surface area (Å²) in [5.41, 5.74) is 4.93. The van der Waals surface area contributed by atoms with E-state index in [1.54, 1.807) is 0 Å². The molecule has 2 aromatic carbocycles. The highest BCUT2D eigenvalue weighted by molar-refractivity contribution is 6.00. The van der Waals surface area contributed by atoms with Crippen molar-refractivity contribution < 1.29 is 4.74 Å². The van der Waals surface area contributed by atoms with Crippen LogP contribution in [0, 0.1) is 0 Å². The van der Waals surface area contributed by atoms with Gasteiger partial charge in [-0.25, -0.2) is 4.98 Å². The number of hydrogen-bond acceptors (Lipinski definition) is 6. The number of imidazole rings is 1. The fraction of sp³-hybridized carbons (Fsp3) is 0.333. The molecule has 2 aromatic heterocycles. The predicted molar refractivity (Wildman–Crippen MR) is 128 cm³/mol. The molecule has 2 aliphatic heterocycles. The molecule has 8 nitrogen and oxygen atoms in total. The molecule has 0 saturated carbocycles. The van der Waals surface area contributed by atoms with Crippen LogP contribution in [0.5, 0.6) is 0 Å². The Labute approximate surface area is 185 Å². The first-order chi connectivity index (χ1) is 15.8. The number of fused-ring (bicyclic) bond motifs is 2. The van der Waals surface area contributed by atoms with Gasteiger partial charge in [-0.05, 0) is 31.2 Å². The van der Waals surface area contributed by atoms with Gasteiger partial charge in [0, 0.05) is 31.1 Å². The van der Waals surface area contributed by atoms with Crippen LogP contribution in [0.2, 0.25) is 0 Å². The number of H-pyrrole nitrogens is 2. The highest BCUT2D eigenvalue weighted by Gasteiger charge is 2.23. The van der Waals surface area contributed by atoms with Crippen LogP contribution in [0.3, 0.4) is 0 Å². The molecular formula is C24H26N6O2. The van der Waals surface area contributed by atoms with E-state index in [9.17, 15) is 4.79 Å². The summed E-state index contributed by atoms with van der Waals surface area (Å²) >= 11 is 0. The van der Waals surface area contributed by atoms with Gasteiger partial charge in [-0.15, -0.1) is 0 Å². The minimum absolute atomic E-state index is 0.149. The fourth-order valence-corrected chi connectivity index (χ4v) is 4.80. The van der Waals surface area contributed by atoms with Crippen LogP contribution >= 0.6 is 0 Å². The van der Waals surface area contributed by atoms with Crippen molar-refractivity contribution in [1.82, 2.24) is 20.3 Å². The largest absolute Gasteiger partial charge is 0.380 e. The molecule has 0 spiro atoms. The van der Waals surface area contributed by atoms with E-state index >= 15 is 0 Å². The SMILES string of the molecule is O=c1[nH]c2ccccc2c(NC2CCNC2)c1-c1nc2c(N3CCOCC3)cccc2[nH]1. The van der Waals surface area contributed by atoms with Gasteiger partial charge in [0.15, 0.2) is 0 Å². The average Bonchev–Trinajstić information content (AvgIpc) is 3.49. The van der Waals surface area contributed by atoms with Crippen molar-refractivity contribution in [3.63, 3.8) is 0 Å². The van der Waals surface area contributed by atoms with Gasteiger partial charge in [0.05, 0.1) is 35.6 Å². The summed E-state index contributed by atoms with van der Waals surface area (Å²) in [5.74, 6) is 0.584. The second kappa shape index (κ2) is 7.96. The molecule has 0 bridgehead atoms. The molecule has 0 aliphatic carbocycles. The lowest BCUT2D eigenvalue weighted by atomic mass is 10.1. The van der Waals surface area contributed by atoms with Crippen molar-refractivity contribution in [2.45, 2.75) is 12.5 Å². The third-order valence-corrected chi connectivity index (χ3v) is 6.41. The predicted octanol–water partition coefficient (Wildman–Crippen LogP) is 2.68. The Hall–Kier alpha value is -3.36. The van der Waals surface area contributed by atoms with Crippen LogP contribution in [0.1, 0.15) is 6.42 Å². The van der Waals surface area contributed by atoms with Crippen LogP contribution in [-0.2, 0) is 4.74 Å².